The number of fused-ring (bicyclic) bond motifs is 1. The predicted octanol–water partition coefficient (Wildman–Crippen LogP) is 7.15. The molecule has 0 saturated heterocycles. The summed E-state index contributed by atoms with van der Waals surface area (Å²) in [4.78, 5) is 3.78. The second-order valence-electron chi connectivity index (χ2n) is 9.70. The highest BCUT2D eigenvalue weighted by Gasteiger charge is 2.17. The highest BCUT2D eigenvalue weighted by atomic mass is 32.2. The van der Waals surface area contributed by atoms with Crippen molar-refractivity contribution < 1.29 is 13.2 Å². The number of nitrogens with one attached hydrogen (secondary N) is 2. The summed E-state index contributed by atoms with van der Waals surface area (Å²) in [6, 6.07) is 31.4. The topological polar surface area (TPSA) is 71.2 Å². The largest absolute Gasteiger partial charge is 0.497 e. The van der Waals surface area contributed by atoms with Crippen LogP contribution >= 0.6 is 0 Å². The van der Waals surface area contributed by atoms with E-state index in [1.54, 1.807) is 25.3 Å². The van der Waals surface area contributed by atoms with Crippen molar-refractivity contribution in [1.82, 2.24) is 9.71 Å². The first-order valence-electron chi connectivity index (χ1n) is 12.8. The monoisotopic (exact) mass is 524 g/mol. The molecule has 4 aromatic carbocycles. The minimum Gasteiger partial charge on any atom is -0.497 e. The van der Waals surface area contributed by atoms with E-state index in [-0.39, 0.29) is 11.4 Å². The Morgan fingerprint density at radius 3 is 2.24 bits per heavy atom. The first-order valence-corrected chi connectivity index (χ1v) is 14.3. The molecule has 0 unspecified atom stereocenters. The van der Waals surface area contributed by atoms with Crippen LogP contribution in [-0.2, 0) is 16.4 Å². The van der Waals surface area contributed by atoms with Crippen LogP contribution < -0.4 is 9.46 Å². The van der Waals surface area contributed by atoms with Crippen molar-refractivity contribution in [2.75, 3.05) is 13.7 Å². The van der Waals surface area contributed by atoms with Crippen molar-refractivity contribution in [2.45, 2.75) is 31.1 Å². The van der Waals surface area contributed by atoms with Gasteiger partial charge in [-0.15, -0.1) is 0 Å². The number of aromatic nitrogens is 1. The Morgan fingerprint density at radius 2 is 1.53 bits per heavy atom. The molecular weight excluding hydrogens is 492 g/mol. The maximum absolute atomic E-state index is 13.2. The number of para-hydroxylation sites is 1. The number of hydrogen-bond donors (Lipinski definition) is 2. The molecule has 5 aromatic rings. The number of benzene rings is 4. The zero-order valence-electron chi connectivity index (χ0n) is 21.9. The minimum atomic E-state index is -3.68. The first-order chi connectivity index (χ1) is 18.4. The van der Waals surface area contributed by atoms with E-state index in [4.69, 9.17) is 4.74 Å². The zero-order valence-corrected chi connectivity index (χ0v) is 22.7. The molecule has 2 N–H and O–H groups in total. The van der Waals surface area contributed by atoms with Crippen LogP contribution in [0.25, 0.3) is 33.3 Å². The second-order valence-corrected chi connectivity index (χ2v) is 11.5. The Balaban J connectivity index is 1.36. The first kappa shape index (κ1) is 25.8. The molecule has 0 fully saturated rings. The Labute approximate surface area is 224 Å². The smallest absolute Gasteiger partial charge is 0.240 e. The molecule has 0 atom stereocenters. The summed E-state index contributed by atoms with van der Waals surface area (Å²) in [5.41, 5.74) is 7.23. The van der Waals surface area contributed by atoms with E-state index in [0.29, 0.717) is 12.3 Å². The van der Waals surface area contributed by atoms with Gasteiger partial charge in [-0.3, -0.25) is 0 Å². The lowest BCUT2D eigenvalue weighted by molar-refractivity contribution is 0.415. The summed E-state index contributed by atoms with van der Waals surface area (Å²) in [7, 11) is -2.04. The lowest BCUT2D eigenvalue weighted by Gasteiger charge is -2.11. The van der Waals surface area contributed by atoms with Crippen LogP contribution in [0, 0.1) is 0 Å². The Kier molecular flexibility index (Phi) is 7.36. The molecule has 1 aromatic heterocycles. The van der Waals surface area contributed by atoms with Crippen molar-refractivity contribution >= 4 is 20.9 Å². The van der Waals surface area contributed by atoms with Crippen LogP contribution in [0.1, 0.15) is 30.9 Å². The Bertz CT molecular complexity index is 1650. The summed E-state index contributed by atoms with van der Waals surface area (Å²) in [5, 5.41) is 1.09. The van der Waals surface area contributed by atoms with Crippen molar-refractivity contribution in [1.29, 1.82) is 0 Å². The zero-order chi connectivity index (χ0) is 26.7. The van der Waals surface area contributed by atoms with E-state index in [9.17, 15) is 8.42 Å². The van der Waals surface area contributed by atoms with Crippen molar-refractivity contribution in [2.24, 2.45) is 0 Å². The van der Waals surface area contributed by atoms with Gasteiger partial charge in [0.25, 0.3) is 0 Å². The molecule has 0 aliphatic carbocycles. The molecule has 38 heavy (non-hydrogen) atoms. The number of rotatable bonds is 9. The summed E-state index contributed by atoms with van der Waals surface area (Å²) in [6.07, 6.45) is 0.543. The number of aromatic amines is 1. The molecule has 0 spiro atoms. The Morgan fingerprint density at radius 1 is 0.816 bits per heavy atom. The number of ether oxygens (including phenoxy) is 1. The van der Waals surface area contributed by atoms with Crippen LogP contribution in [0.15, 0.2) is 102 Å². The number of hydrogen-bond acceptors (Lipinski definition) is 3. The second kappa shape index (κ2) is 10.9. The third kappa shape index (κ3) is 5.37. The van der Waals surface area contributed by atoms with Gasteiger partial charge in [0, 0.05) is 23.1 Å². The molecule has 0 radical (unpaired) electrons. The molecule has 0 saturated carbocycles. The van der Waals surface area contributed by atoms with Crippen LogP contribution in [0.2, 0.25) is 0 Å². The normalized spacial score (nSPS) is 11.8. The molecule has 0 amide bonds. The third-order valence-electron chi connectivity index (χ3n) is 6.91. The van der Waals surface area contributed by atoms with Gasteiger partial charge in [0.05, 0.1) is 12.0 Å². The quantitative estimate of drug-likeness (QED) is 0.215. The number of methoxy groups -OCH3 is 1. The average molecular weight is 525 g/mol. The van der Waals surface area contributed by atoms with Gasteiger partial charge in [-0.2, -0.15) is 0 Å². The molecule has 6 heteroatoms. The van der Waals surface area contributed by atoms with Gasteiger partial charge in [-0.25, -0.2) is 13.1 Å². The standard InChI is InChI=1S/C32H32N2O3S/c1-22(2)23-11-13-24(14-12-23)26-7-6-8-28(21-26)38(35,36)33-20-19-30-29-9-4-5-10-31(29)34-32(30)25-15-17-27(37-3)18-16-25/h4-18,21-22,33-34H,19-20H2,1-3H3. The SMILES string of the molecule is COc1ccc(-c2[nH]c3ccccc3c2CCNS(=O)(=O)c2cccc(-c3ccc(C(C)C)cc3)c2)cc1. The number of sulfonamides is 1. The van der Waals surface area contributed by atoms with Gasteiger partial charge in [0.1, 0.15) is 5.75 Å². The molecule has 0 aliphatic heterocycles. The molecule has 0 aliphatic rings. The summed E-state index contributed by atoms with van der Waals surface area (Å²) in [5.74, 6) is 1.24. The summed E-state index contributed by atoms with van der Waals surface area (Å²) < 4.78 is 34.6. The molecule has 194 valence electrons. The fourth-order valence-corrected chi connectivity index (χ4v) is 5.84. The summed E-state index contributed by atoms with van der Waals surface area (Å²) >= 11 is 0. The van der Waals surface area contributed by atoms with Crippen LogP contribution in [0.3, 0.4) is 0 Å². The highest BCUT2D eigenvalue weighted by molar-refractivity contribution is 7.89. The highest BCUT2D eigenvalue weighted by Crippen LogP contribution is 2.32. The van der Waals surface area contributed by atoms with E-state index in [1.807, 2.05) is 60.7 Å². The number of H-pyrrole nitrogens is 1. The minimum absolute atomic E-state index is 0.261. The van der Waals surface area contributed by atoms with Crippen molar-refractivity contribution in [3.8, 4) is 28.1 Å². The molecule has 5 nitrogen and oxygen atoms in total. The van der Waals surface area contributed by atoms with Gasteiger partial charge in [0.15, 0.2) is 0 Å². The average Bonchev–Trinajstić information content (AvgIpc) is 3.31. The van der Waals surface area contributed by atoms with Crippen LogP contribution in [0.5, 0.6) is 5.75 Å². The molecule has 5 rings (SSSR count). The van der Waals surface area contributed by atoms with Crippen LogP contribution in [-0.4, -0.2) is 27.1 Å². The molecule has 0 bridgehead atoms. The van der Waals surface area contributed by atoms with Crippen molar-refractivity contribution in [3.63, 3.8) is 0 Å². The van der Waals surface area contributed by atoms with Crippen LogP contribution in [0.4, 0.5) is 0 Å². The maximum Gasteiger partial charge on any atom is 0.240 e. The van der Waals surface area contributed by atoms with Gasteiger partial charge in [-0.05, 0) is 82.6 Å². The fourth-order valence-electron chi connectivity index (χ4n) is 4.76. The van der Waals surface area contributed by atoms with E-state index in [1.165, 1.54) is 5.56 Å². The Hall–Kier alpha value is -3.87. The van der Waals surface area contributed by atoms with Gasteiger partial charge < -0.3 is 9.72 Å². The molecule has 1 heterocycles. The van der Waals surface area contributed by atoms with Gasteiger partial charge in [0.2, 0.25) is 10.0 Å². The van der Waals surface area contributed by atoms with E-state index < -0.39 is 10.0 Å². The van der Waals surface area contributed by atoms with E-state index in [2.05, 4.69) is 41.8 Å². The van der Waals surface area contributed by atoms with Gasteiger partial charge in [-0.1, -0.05) is 68.4 Å². The summed E-state index contributed by atoms with van der Waals surface area (Å²) in [6.45, 7) is 4.59. The fraction of sp³-hybridized carbons (Fsp3) is 0.188. The maximum atomic E-state index is 13.2. The predicted molar refractivity (Wildman–Crippen MR) is 155 cm³/mol. The van der Waals surface area contributed by atoms with Gasteiger partial charge >= 0.3 is 0 Å². The lowest BCUT2D eigenvalue weighted by atomic mass is 9.99. The van der Waals surface area contributed by atoms with Crippen molar-refractivity contribution in [3.05, 3.63) is 108 Å². The lowest BCUT2D eigenvalue weighted by Crippen LogP contribution is -2.26. The van der Waals surface area contributed by atoms with E-state index in [0.717, 1.165) is 44.6 Å². The van der Waals surface area contributed by atoms with E-state index >= 15 is 0 Å². The molecular formula is C32H32N2O3S. The third-order valence-corrected chi connectivity index (χ3v) is 8.37.